The molecule has 0 spiro atoms. The molecule has 10 rings (SSSR count). The van der Waals surface area contributed by atoms with Gasteiger partial charge in [0.05, 0.1) is 0 Å². The van der Waals surface area contributed by atoms with E-state index >= 15 is 0 Å². The van der Waals surface area contributed by atoms with Gasteiger partial charge in [-0.25, -0.2) is 0 Å². The molecule has 4 fully saturated rings. The Kier molecular flexibility index (Phi) is 3.62. The SMILES string of the molecule is N#Cc1cc2cc(c1)C1COC3=C4OCC5c6cc(C#N)cc(c6)C6COC7=C8OCC2N8[C](=[Pt]=[C](N31)N45)N76. The van der Waals surface area contributed by atoms with Gasteiger partial charge in [-0.15, -0.1) is 0 Å². The molecule has 0 aliphatic carbocycles. The fraction of sp³-hybridized carbons (Fsp3) is 0.286. The van der Waals surface area contributed by atoms with Gasteiger partial charge in [0.25, 0.3) is 0 Å². The molecule has 4 unspecified atom stereocenters. The van der Waals surface area contributed by atoms with Crippen molar-refractivity contribution in [2.75, 3.05) is 26.4 Å². The Bertz CT molecular complexity index is 1580. The van der Waals surface area contributed by atoms with Gasteiger partial charge in [0.15, 0.2) is 0 Å². The fourth-order valence-electron chi connectivity index (χ4n) is 6.90. The van der Waals surface area contributed by atoms with Crippen LogP contribution < -0.4 is 0 Å². The monoisotopic (exact) mass is 697 g/mol. The maximum atomic E-state index is 9.95. The van der Waals surface area contributed by atoms with E-state index in [0.717, 1.165) is 45.8 Å². The summed E-state index contributed by atoms with van der Waals surface area (Å²) in [5.41, 5.74) is 5.48. The molecule has 194 valence electrons. The first-order valence-corrected chi connectivity index (χ1v) is 15.1. The van der Waals surface area contributed by atoms with Crippen molar-refractivity contribution in [3.05, 3.63) is 93.3 Å². The summed E-state index contributed by atoms with van der Waals surface area (Å²) in [5.74, 6) is 2.98. The van der Waals surface area contributed by atoms with Crippen molar-refractivity contribution in [1.29, 1.82) is 10.5 Å². The molecule has 0 saturated carbocycles. The van der Waals surface area contributed by atoms with Gasteiger partial charge in [-0.1, -0.05) is 0 Å². The quantitative estimate of drug-likeness (QED) is 0.408. The first-order valence-electron chi connectivity index (χ1n) is 12.8. The number of nitriles is 2. The van der Waals surface area contributed by atoms with Gasteiger partial charge in [0, 0.05) is 0 Å². The second-order valence-corrected chi connectivity index (χ2v) is 13.2. The van der Waals surface area contributed by atoms with Crippen molar-refractivity contribution in [2.45, 2.75) is 24.2 Å². The normalized spacial score (nSPS) is 29.5. The van der Waals surface area contributed by atoms with Crippen molar-refractivity contribution in [2.24, 2.45) is 0 Å². The molecule has 4 saturated heterocycles. The summed E-state index contributed by atoms with van der Waals surface area (Å²) in [6.07, 6.45) is 0. The molecular formula is C28H18N6O4Pt. The van der Waals surface area contributed by atoms with Gasteiger partial charge in [-0.05, 0) is 0 Å². The first kappa shape index (κ1) is 20.7. The molecule has 0 aromatic heterocycles. The molecule has 8 aliphatic heterocycles. The summed E-state index contributed by atoms with van der Waals surface area (Å²) < 4.78 is 27.8. The number of benzene rings is 2. The minimum atomic E-state index is -0.802. The Morgan fingerprint density at radius 2 is 0.846 bits per heavy atom. The molecule has 0 N–H and O–H groups in total. The molecule has 11 heteroatoms. The predicted molar refractivity (Wildman–Crippen MR) is 129 cm³/mol. The number of ether oxygens (including phenoxy) is 4. The zero-order valence-electron chi connectivity index (χ0n) is 20.2. The third-order valence-electron chi connectivity index (χ3n) is 8.63. The van der Waals surface area contributed by atoms with E-state index in [-0.39, 0.29) is 24.2 Å². The van der Waals surface area contributed by atoms with Gasteiger partial charge in [0.1, 0.15) is 0 Å². The van der Waals surface area contributed by atoms with Crippen molar-refractivity contribution in [3.8, 4) is 12.1 Å². The Balaban J connectivity index is 1.33. The number of fused-ring (bicyclic) bond motifs is 8. The summed E-state index contributed by atoms with van der Waals surface area (Å²) in [7, 11) is 0. The average molecular weight is 698 g/mol. The van der Waals surface area contributed by atoms with Gasteiger partial charge in [-0.3, -0.25) is 0 Å². The second-order valence-electron chi connectivity index (χ2n) is 10.6. The summed E-state index contributed by atoms with van der Waals surface area (Å²) in [6, 6.07) is 16.8. The number of hydrogen-bond donors (Lipinski definition) is 0. The van der Waals surface area contributed by atoms with Gasteiger partial charge in [0.2, 0.25) is 0 Å². The third-order valence-corrected chi connectivity index (χ3v) is 11.8. The molecule has 8 heterocycles. The van der Waals surface area contributed by atoms with Gasteiger partial charge < -0.3 is 0 Å². The summed E-state index contributed by atoms with van der Waals surface area (Å²) >= 11 is -0.802. The third kappa shape index (κ3) is 2.37. The average Bonchev–Trinajstić information content (AvgIpc) is 3.78. The standard InChI is InChI=1S/C28H18N6O4.Pt/c29-7-15-1-17-5-18(2-15)22-10-36-27-28-34(14-33(22)27)24(12-38-28)20-4-16(8-30)3-19(6-20)23-11-37-26-25-31(13-32(23)26)21(17)9-35-25;/h1-6,21-24H,9-12H2;. The Morgan fingerprint density at radius 1 is 0.538 bits per heavy atom. The Labute approximate surface area is 230 Å². The van der Waals surface area contributed by atoms with E-state index in [1.165, 1.54) is 8.29 Å². The van der Waals surface area contributed by atoms with E-state index in [1.54, 1.807) is 0 Å². The second kappa shape index (κ2) is 6.83. The van der Waals surface area contributed by atoms with Crippen LogP contribution in [0.5, 0.6) is 0 Å². The van der Waals surface area contributed by atoms with E-state index in [1.807, 2.05) is 24.3 Å². The zero-order valence-corrected chi connectivity index (χ0v) is 22.5. The number of hydrogen-bond acceptors (Lipinski definition) is 10. The summed E-state index contributed by atoms with van der Waals surface area (Å²) in [4.78, 5) is 9.22. The zero-order chi connectivity index (χ0) is 25.6. The van der Waals surface area contributed by atoms with Crippen molar-refractivity contribution in [3.63, 3.8) is 0 Å². The van der Waals surface area contributed by atoms with Gasteiger partial charge in [-0.2, -0.15) is 0 Å². The number of nitrogens with zero attached hydrogens (tertiary/aromatic N) is 6. The van der Waals surface area contributed by atoms with Crippen LogP contribution in [0.15, 0.2) is 59.9 Å². The summed E-state index contributed by atoms with van der Waals surface area (Å²) in [6.45, 7) is 1.95. The van der Waals surface area contributed by atoms with Crippen LogP contribution in [0.25, 0.3) is 0 Å². The molecule has 10 nitrogen and oxygen atoms in total. The molecule has 0 amide bonds. The van der Waals surface area contributed by atoms with Crippen LogP contribution in [0.3, 0.4) is 0 Å². The first-order chi connectivity index (χ1) is 19.2. The molecular weight excluding hydrogens is 679 g/mol. The molecule has 6 bridgehead atoms. The van der Waals surface area contributed by atoms with Crippen molar-refractivity contribution >= 4 is 8.29 Å². The van der Waals surface area contributed by atoms with E-state index in [0.29, 0.717) is 37.6 Å². The van der Waals surface area contributed by atoms with Crippen LogP contribution in [0.1, 0.15) is 57.5 Å². The fourth-order valence-corrected chi connectivity index (χ4v) is 10.8. The molecule has 4 atom stereocenters. The maximum absolute atomic E-state index is 9.95. The van der Waals surface area contributed by atoms with E-state index in [9.17, 15) is 10.5 Å². The van der Waals surface area contributed by atoms with Crippen LogP contribution in [0.4, 0.5) is 0 Å². The molecule has 2 aromatic rings. The van der Waals surface area contributed by atoms with Crippen LogP contribution in [0.2, 0.25) is 0 Å². The molecule has 39 heavy (non-hydrogen) atoms. The van der Waals surface area contributed by atoms with Crippen LogP contribution >= 0.6 is 0 Å². The molecule has 8 aliphatic rings. The molecule has 0 radical (unpaired) electrons. The van der Waals surface area contributed by atoms with Crippen LogP contribution in [-0.4, -0.2) is 54.3 Å². The summed E-state index contributed by atoms with van der Waals surface area (Å²) in [5, 5.41) is 19.9. The van der Waals surface area contributed by atoms with E-state index < -0.39 is 17.6 Å². The van der Waals surface area contributed by atoms with Crippen molar-refractivity contribution in [1.82, 2.24) is 19.6 Å². The van der Waals surface area contributed by atoms with E-state index in [2.05, 4.69) is 43.9 Å². The van der Waals surface area contributed by atoms with Crippen LogP contribution in [0, 0.1) is 22.7 Å². The number of rotatable bonds is 0. The topological polar surface area (TPSA) is 97.5 Å². The Hall–Kier alpha value is -4.27. The van der Waals surface area contributed by atoms with Crippen LogP contribution in [-0.2, 0) is 36.6 Å². The van der Waals surface area contributed by atoms with E-state index in [4.69, 9.17) is 18.9 Å². The molecule has 2 aromatic carbocycles. The predicted octanol–water partition coefficient (Wildman–Crippen LogP) is 2.19. The Morgan fingerprint density at radius 3 is 1.13 bits per heavy atom. The van der Waals surface area contributed by atoms with Crippen molar-refractivity contribution < 1.29 is 36.6 Å². The van der Waals surface area contributed by atoms with Gasteiger partial charge >= 0.3 is 231 Å². The minimum absolute atomic E-state index is 0.0678.